The molecule has 0 heterocycles. The van der Waals surface area contributed by atoms with Crippen LogP contribution in [-0.2, 0) is 0 Å². The van der Waals surface area contributed by atoms with Gasteiger partial charge in [-0.3, -0.25) is 0 Å². The molecule has 0 amide bonds. The molecule has 1 N–H and O–H groups in total. The first-order valence-corrected chi connectivity index (χ1v) is 6.60. The molecule has 0 saturated heterocycles. The first-order valence-electron chi connectivity index (χ1n) is 6.60. The van der Waals surface area contributed by atoms with Gasteiger partial charge in [0.2, 0.25) is 0 Å². The molecule has 2 rings (SSSR count). The van der Waals surface area contributed by atoms with E-state index in [9.17, 15) is 5.11 Å². The van der Waals surface area contributed by atoms with Gasteiger partial charge in [-0.25, -0.2) is 0 Å². The van der Waals surface area contributed by atoms with Crippen molar-refractivity contribution in [2.75, 3.05) is 6.61 Å². The summed E-state index contributed by atoms with van der Waals surface area (Å²) in [6, 6.07) is 15.8. The smallest absolute Gasteiger partial charge is 0.125 e. The van der Waals surface area contributed by atoms with Crippen molar-refractivity contribution in [3.8, 4) is 5.75 Å². The number of rotatable bonds is 5. The van der Waals surface area contributed by atoms with Gasteiger partial charge in [0.05, 0.1) is 12.7 Å². The lowest BCUT2D eigenvalue weighted by Crippen LogP contribution is -2.06. The van der Waals surface area contributed by atoms with Crippen LogP contribution in [0.15, 0.2) is 48.5 Å². The van der Waals surface area contributed by atoms with Crippen LogP contribution in [0.2, 0.25) is 0 Å². The van der Waals surface area contributed by atoms with Gasteiger partial charge in [-0.1, -0.05) is 48.5 Å². The Morgan fingerprint density at radius 2 is 1.58 bits per heavy atom. The van der Waals surface area contributed by atoms with Gasteiger partial charge in [0, 0.05) is 6.42 Å². The molecule has 2 heteroatoms. The number of ether oxygens (including phenoxy) is 1. The molecular weight excluding hydrogens is 236 g/mol. The van der Waals surface area contributed by atoms with Gasteiger partial charge in [-0.2, -0.15) is 0 Å². The number of para-hydroxylation sites is 1. The fraction of sp³-hybridized carbons (Fsp3) is 0.294. The SMILES string of the molecule is Cc1cccc(C)c1OCCC(O)c1ccccc1. The van der Waals surface area contributed by atoms with Crippen LogP contribution in [0.5, 0.6) is 5.75 Å². The maximum absolute atomic E-state index is 10.1. The van der Waals surface area contributed by atoms with Crippen molar-refractivity contribution in [3.63, 3.8) is 0 Å². The molecule has 2 nitrogen and oxygen atoms in total. The summed E-state index contributed by atoms with van der Waals surface area (Å²) in [6.45, 7) is 4.59. The van der Waals surface area contributed by atoms with Crippen LogP contribution >= 0.6 is 0 Å². The van der Waals surface area contributed by atoms with Crippen molar-refractivity contribution in [2.24, 2.45) is 0 Å². The third kappa shape index (κ3) is 3.58. The molecule has 0 aliphatic carbocycles. The lowest BCUT2D eigenvalue weighted by Gasteiger charge is -2.14. The summed E-state index contributed by atoms with van der Waals surface area (Å²) in [5.41, 5.74) is 3.20. The summed E-state index contributed by atoms with van der Waals surface area (Å²) >= 11 is 0. The monoisotopic (exact) mass is 256 g/mol. The highest BCUT2D eigenvalue weighted by Crippen LogP contribution is 2.23. The Labute approximate surface area is 114 Å². The zero-order valence-electron chi connectivity index (χ0n) is 11.5. The maximum Gasteiger partial charge on any atom is 0.125 e. The van der Waals surface area contributed by atoms with Gasteiger partial charge in [-0.15, -0.1) is 0 Å². The highest BCUT2D eigenvalue weighted by atomic mass is 16.5. The topological polar surface area (TPSA) is 29.5 Å². The standard InChI is InChI=1S/C17H20O2/c1-13-7-6-8-14(2)17(13)19-12-11-16(18)15-9-4-3-5-10-15/h3-10,16,18H,11-12H2,1-2H3. The van der Waals surface area contributed by atoms with Crippen LogP contribution in [0.3, 0.4) is 0 Å². The Bertz CT molecular complexity index is 500. The molecule has 0 fully saturated rings. The number of aliphatic hydroxyl groups is 1. The molecule has 2 aromatic carbocycles. The van der Waals surface area contributed by atoms with E-state index in [1.54, 1.807) is 0 Å². The molecule has 2 aromatic rings. The summed E-state index contributed by atoms with van der Waals surface area (Å²) in [6.07, 6.45) is 0.128. The molecule has 1 atom stereocenters. The highest BCUT2D eigenvalue weighted by Gasteiger charge is 2.08. The summed E-state index contributed by atoms with van der Waals surface area (Å²) in [7, 11) is 0. The van der Waals surface area contributed by atoms with Crippen molar-refractivity contribution in [3.05, 3.63) is 65.2 Å². The number of hydrogen-bond donors (Lipinski definition) is 1. The number of aliphatic hydroxyl groups excluding tert-OH is 1. The zero-order chi connectivity index (χ0) is 13.7. The Hall–Kier alpha value is -1.80. The summed E-state index contributed by atoms with van der Waals surface area (Å²) in [5.74, 6) is 0.933. The highest BCUT2D eigenvalue weighted by molar-refractivity contribution is 5.39. The number of hydrogen-bond acceptors (Lipinski definition) is 2. The molecule has 0 spiro atoms. The zero-order valence-corrected chi connectivity index (χ0v) is 11.5. The van der Waals surface area contributed by atoms with Gasteiger partial charge < -0.3 is 9.84 Å². The maximum atomic E-state index is 10.1. The summed E-state index contributed by atoms with van der Waals surface area (Å²) < 4.78 is 5.80. The lowest BCUT2D eigenvalue weighted by molar-refractivity contribution is 0.140. The minimum atomic E-state index is -0.467. The van der Waals surface area contributed by atoms with E-state index in [1.807, 2.05) is 62.4 Å². The van der Waals surface area contributed by atoms with Gasteiger partial charge in [0.15, 0.2) is 0 Å². The fourth-order valence-electron chi connectivity index (χ4n) is 2.14. The van der Waals surface area contributed by atoms with Crippen LogP contribution in [0.4, 0.5) is 0 Å². The van der Waals surface area contributed by atoms with Crippen LogP contribution in [-0.4, -0.2) is 11.7 Å². The molecule has 0 aliphatic heterocycles. The molecule has 0 saturated carbocycles. The van der Waals surface area contributed by atoms with E-state index in [2.05, 4.69) is 0 Å². The Balaban J connectivity index is 1.90. The van der Waals surface area contributed by atoms with Crippen LogP contribution in [0.25, 0.3) is 0 Å². The molecular formula is C17H20O2. The lowest BCUT2D eigenvalue weighted by atomic mass is 10.1. The summed E-state index contributed by atoms with van der Waals surface area (Å²) in [5, 5.41) is 10.1. The average Bonchev–Trinajstić information content (AvgIpc) is 2.43. The van der Waals surface area contributed by atoms with Gasteiger partial charge >= 0.3 is 0 Å². The second-order valence-electron chi connectivity index (χ2n) is 4.78. The molecule has 100 valence electrons. The fourth-order valence-corrected chi connectivity index (χ4v) is 2.14. The Morgan fingerprint density at radius 1 is 0.947 bits per heavy atom. The van der Waals surface area contributed by atoms with Crippen LogP contribution in [0, 0.1) is 13.8 Å². The quantitative estimate of drug-likeness (QED) is 0.881. The van der Waals surface area contributed by atoms with Gasteiger partial charge in [0.25, 0.3) is 0 Å². The predicted molar refractivity (Wildman–Crippen MR) is 77.4 cm³/mol. The molecule has 0 aliphatic rings. The minimum absolute atomic E-state index is 0.467. The second-order valence-corrected chi connectivity index (χ2v) is 4.78. The van der Waals surface area contributed by atoms with E-state index < -0.39 is 6.10 Å². The minimum Gasteiger partial charge on any atom is -0.493 e. The Morgan fingerprint density at radius 3 is 2.21 bits per heavy atom. The van der Waals surface area contributed by atoms with E-state index in [4.69, 9.17) is 4.74 Å². The van der Waals surface area contributed by atoms with Crippen LogP contribution in [0.1, 0.15) is 29.2 Å². The first kappa shape index (κ1) is 13.6. The van der Waals surface area contributed by atoms with Crippen molar-refractivity contribution in [1.82, 2.24) is 0 Å². The second kappa shape index (κ2) is 6.39. The van der Waals surface area contributed by atoms with Crippen molar-refractivity contribution in [1.29, 1.82) is 0 Å². The number of benzene rings is 2. The van der Waals surface area contributed by atoms with Crippen LogP contribution < -0.4 is 4.74 Å². The van der Waals surface area contributed by atoms with E-state index in [1.165, 1.54) is 0 Å². The van der Waals surface area contributed by atoms with Gasteiger partial charge in [0.1, 0.15) is 5.75 Å². The van der Waals surface area contributed by atoms with Crippen molar-refractivity contribution < 1.29 is 9.84 Å². The van der Waals surface area contributed by atoms with E-state index in [0.717, 1.165) is 22.4 Å². The average molecular weight is 256 g/mol. The summed E-state index contributed by atoms with van der Waals surface area (Å²) in [4.78, 5) is 0. The van der Waals surface area contributed by atoms with E-state index in [-0.39, 0.29) is 0 Å². The largest absolute Gasteiger partial charge is 0.493 e. The first-order chi connectivity index (χ1) is 9.18. The number of aryl methyl sites for hydroxylation is 2. The van der Waals surface area contributed by atoms with E-state index in [0.29, 0.717) is 13.0 Å². The molecule has 19 heavy (non-hydrogen) atoms. The third-order valence-electron chi connectivity index (χ3n) is 3.23. The normalized spacial score (nSPS) is 12.2. The Kier molecular flexibility index (Phi) is 4.58. The molecule has 0 aromatic heterocycles. The van der Waals surface area contributed by atoms with E-state index >= 15 is 0 Å². The molecule has 0 bridgehead atoms. The van der Waals surface area contributed by atoms with Crippen molar-refractivity contribution >= 4 is 0 Å². The molecule has 1 unspecified atom stereocenters. The predicted octanol–water partition coefficient (Wildman–Crippen LogP) is 3.81. The third-order valence-corrected chi connectivity index (χ3v) is 3.23. The molecule has 0 radical (unpaired) electrons. The van der Waals surface area contributed by atoms with Crippen molar-refractivity contribution in [2.45, 2.75) is 26.4 Å². The van der Waals surface area contributed by atoms with Gasteiger partial charge in [-0.05, 0) is 30.5 Å².